The van der Waals surface area contributed by atoms with Crippen molar-refractivity contribution >= 4 is 0 Å². The summed E-state index contributed by atoms with van der Waals surface area (Å²) in [6.45, 7) is 1.41. The summed E-state index contributed by atoms with van der Waals surface area (Å²) < 4.78 is 24.1. The highest BCUT2D eigenvalue weighted by Gasteiger charge is 2.42. The van der Waals surface area contributed by atoms with Gasteiger partial charge in [-0.25, -0.2) is 0 Å². The number of aliphatic hydroxyl groups is 1. The lowest BCUT2D eigenvalue weighted by molar-refractivity contribution is -0.286. The molecule has 1 unspecified atom stereocenters. The zero-order valence-corrected chi connectivity index (χ0v) is 17.4. The molecule has 0 saturated carbocycles. The molecule has 1 heterocycles. The monoisotopic (exact) mass is 420 g/mol. The van der Waals surface area contributed by atoms with Crippen molar-refractivity contribution in [2.75, 3.05) is 6.61 Å². The second kappa shape index (κ2) is 11.2. The topological polar surface area (TPSA) is 57.2 Å². The van der Waals surface area contributed by atoms with Gasteiger partial charge in [0.25, 0.3) is 0 Å². The van der Waals surface area contributed by atoms with Crippen molar-refractivity contribution in [3.05, 3.63) is 108 Å². The van der Waals surface area contributed by atoms with E-state index in [2.05, 4.69) is 0 Å². The second-order valence-electron chi connectivity index (χ2n) is 7.58. The molecule has 0 radical (unpaired) electrons. The molecule has 3 aromatic rings. The Hall–Kier alpha value is -2.54. The van der Waals surface area contributed by atoms with Crippen LogP contribution in [0.15, 0.2) is 91.0 Å². The number of benzene rings is 3. The van der Waals surface area contributed by atoms with Crippen molar-refractivity contribution in [2.24, 2.45) is 0 Å². The van der Waals surface area contributed by atoms with Gasteiger partial charge in [-0.3, -0.25) is 0 Å². The third kappa shape index (κ3) is 6.23. The van der Waals surface area contributed by atoms with E-state index in [1.165, 1.54) is 0 Å². The molecule has 5 heteroatoms. The van der Waals surface area contributed by atoms with Gasteiger partial charge in [-0.05, 0) is 16.7 Å². The zero-order valence-electron chi connectivity index (χ0n) is 17.4. The summed E-state index contributed by atoms with van der Waals surface area (Å²) in [6, 6.07) is 29.8. The largest absolute Gasteiger partial charge is 0.368 e. The number of hydrogen-bond donors (Lipinski definition) is 1. The maximum atomic E-state index is 10.5. The molecule has 1 fully saturated rings. The Morgan fingerprint density at radius 1 is 0.613 bits per heavy atom. The van der Waals surface area contributed by atoms with Gasteiger partial charge in [-0.2, -0.15) is 0 Å². The van der Waals surface area contributed by atoms with E-state index in [-0.39, 0.29) is 12.7 Å². The summed E-state index contributed by atoms with van der Waals surface area (Å²) in [4.78, 5) is 0. The van der Waals surface area contributed by atoms with Crippen LogP contribution in [0.25, 0.3) is 0 Å². The van der Waals surface area contributed by atoms with Crippen molar-refractivity contribution in [3.8, 4) is 0 Å². The Kier molecular flexibility index (Phi) is 7.82. The SMILES string of the molecule is OC1OC[C@@H](OCc2ccccc2)[C@@H](OCc2ccccc2)[C@H]1OCc1ccccc1. The molecule has 1 N–H and O–H groups in total. The van der Waals surface area contributed by atoms with Gasteiger partial charge in [0, 0.05) is 0 Å². The molecule has 0 spiro atoms. The fourth-order valence-electron chi connectivity index (χ4n) is 3.59. The van der Waals surface area contributed by atoms with Crippen LogP contribution in [0.3, 0.4) is 0 Å². The van der Waals surface area contributed by atoms with Crippen molar-refractivity contribution in [1.29, 1.82) is 0 Å². The minimum Gasteiger partial charge on any atom is -0.368 e. The van der Waals surface area contributed by atoms with E-state index in [0.29, 0.717) is 19.8 Å². The maximum absolute atomic E-state index is 10.5. The molecule has 0 aromatic heterocycles. The average Bonchev–Trinajstić information content (AvgIpc) is 2.83. The maximum Gasteiger partial charge on any atom is 0.183 e. The van der Waals surface area contributed by atoms with Crippen LogP contribution in [0.2, 0.25) is 0 Å². The Labute approximate surface area is 183 Å². The van der Waals surface area contributed by atoms with Gasteiger partial charge in [-0.15, -0.1) is 0 Å². The predicted octanol–water partition coefficient (Wildman–Crippen LogP) is 4.09. The lowest BCUT2D eigenvalue weighted by atomic mass is 10.0. The normalized spacial score (nSPS) is 23.5. The fraction of sp³-hybridized carbons (Fsp3) is 0.308. The minimum absolute atomic E-state index is 0.235. The van der Waals surface area contributed by atoms with Gasteiger partial charge in [0.1, 0.15) is 18.3 Å². The van der Waals surface area contributed by atoms with Gasteiger partial charge < -0.3 is 24.1 Å². The molecule has 1 aliphatic rings. The first-order chi connectivity index (χ1) is 15.3. The fourth-order valence-corrected chi connectivity index (χ4v) is 3.59. The van der Waals surface area contributed by atoms with Crippen LogP contribution < -0.4 is 0 Å². The van der Waals surface area contributed by atoms with E-state index in [1.54, 1.807) is 0 Å². The minimum atomic E-state index is -1.08. The third-order valence-electron chi connectivity index (χ3n) is 5.28. The first kappa shape index (κ1) is 21.7. The average molecular weight is 421 g/mol. The van der Waals surface area contributed by atoms with Crippen LogP contribution in [-0.4, -0.2) is 36.3 Å². The van der Waals surface area contributed by atoms with E-state index in [1.807, 2.05) is 91.0 Å². The van der Waals surface area contributed by atoms with Crippen LogP contribution in [0.4, 0.5) is 0 Å². The molecule has 0 bridgehead atoms. The van der Waals surface area contributed by atoms with Gasteiger partial charge >= 0.3 is 0 Å². The van der Waals surface area contributed by atoms with Crippen LogP contribution >= 0.6 is 0 Å². The first-order valence-corrected chi connectivity index (χ1v) is 10.6. The summed E-state index contributed by atoms with van der Waals surface area (Å²) >= 11 is 0. The lowest BCUT2D eigenvalue weighted by Gasteiger charge is -2.40. The Morgan fingerprint density at radius 2 is 1.03 bits per heavy atom. The van der Waals surface area contributed by atoms with Crippen molar-refractivity contribution in [1.82, 2.24) is 0 Å². The smallest absolute Gasteiger partial charge is 0.183 e. The summed E-state index contributed by atoms with van der Waals surface area (Å²) in [5, 5.41) is 10.5. The summed E-state index contributed by atoms with van der Waals surface area (Å²) in [6.07, 6.45) is -2.59. The molecule has 162 valence electrons. The Balaban J connectivity index is 1.46. The number of aliphatic hydroxyl groups excluding tert-OH is 1. The molecule has 5 nitrogen and oxygen atoms in total. The molecule has 1 aliphatic heterocycles. The van der Waals surface area contributed by atoms with E-state index < -0.39 is 18.5 Å². The van der Waals surface area contributed by atoms with E-state index >= 15 is 0 Å². The molecular weight excluding hydrogens is 392 g/mol. The van der Waals surface area contributed by atoms with Gasteiger partial charge in [-0.1, -0.05) is 91.0 Å². The highest BCUT2D eigenvalue weighted by Crippen LogP contribution is 2.25. The Bertz CT molecular complexity index is 887. The van der Waals surface area contributed by atoms with E-state index in [9.17, 15) is 5.11 Å². The number of ether oxygens (including phenoxy) is 4. The summed E-state index contributed by atoms with van der Waals surface area (Å²) in [7, 11) is 0. The van der Waals surface area contributed by atoms with Crippen molar-refractivity contribution in [2.45, 2.75) is 44.4 Å². The second-order valence-corrected chi connectivity index (χ2v) is 7.58. The van der Waals surface area contributed by atoms with Crippen molar-refractivity contribution < 1.29 is 24.1 Å². The first-order valence-electron chi connectivity index (χ1n) is 10.6. The van der Waals surface area contributed by atoms with Gasteiger partial charge in [0.15, 0.2) is 6.29 Å². The molecule has 0 aliphatic carbocycles. The van der Waals surface area contributed by atoms with Gasteiger partial charge in [0.2, 0.25) is 0 Å². The van der Waals surface area contributed by atoms with Crippen LogP contribution in [-0.2, 0) is 38.8 Å². The van der Waals surface area contributed by atoms with Crippen LogP contribution in [0.5, 0.6) is 0 Å². The molecule has 4 atom stereocenters. The highest BCUT2D eigenvalue weighted by atomic mass is 16.7. The zero-order chi connectivity index (χ0) is 21.3. The van der Waals surface area contributed by atoms with E-state index in [0.717, 1.165) is 16.7 Å². The predicted molar refractivity (Wildman–Crippen MR) is 117 cm³/mol. The summed E-state index contributed by atoms with van der Waals surface area (Å²) in [5.41, 5.74) is 3.13. The van der Waals surface area contributed by atoms with Crippen molar-refractivity contribution in [3.63, 3.8) is 0 Å². The highest BCUT2D eigenvalue weighted by molar-refractivity contribution is 5.15. The summed E-state index contributed by atoms with van der Waals surface area (Å²) in [5.74, 6) is 0. The molecule has 31 heavy (non-hydrogen) atoms. The quantitative estimate of drug-likeness (QED) is 0.565. The molecule has 0 amide bonds. The number of hydrogen-bond acceptors (Lipinski definition) is 5. The lowest BCUT2D eigenvalue weighted by Crippen LogP contribution is -2.56. The molecular formula is C26H28O5. The van der Waals surface area contributed by atoms with Crippen LogP contribution in [0.1, 0.15) is 16.7 Å². The standard InChI is InChI=1S/C26H28O5/c27-26-25(30-18-22-14-8-3-9-15-22)24(29-17-21-12-6-2-7-13-21)23(19-31-26)28-16-20-10-4-1-5-11-20/h1-15,23-27H,16-19H2/t23-,24-,25-,26?/m1/s1. The Morgan fingerprint density at radius 3 is 1.52 bits per heavy atom. The van der Waals surface area contributed by atoms with E-state index in [4.69, 9.17) is 18.9 Å². The van der Waals surface area contributed by atoms with Gasteiger partial charge in [0.05, 0.1) is 26.4 Å². The third-order valence-corrected chi connectivity index (χ3v) is 5.28. The number of rotatable bonds is 9. The molecule has 1 saturated heterocycles. The van der Waals surface area contributed by atoms with Crippen LogP contribution in [0, 0.1) is 0 Å². The molecule has 4 rings (SSSR count). The molecule has 3 aromatic carbocycles.